The van der Waals surface area contributed by atoms with Gasteiger partial charge in [-0.05, 0) is 18.2 Å². The third-order valence-electron chi connectivity index (χ3n) is 2.11. The molecule has 1 heterocycles. The van der Waals surface area contributed by atoms with Crippen LogP contribution in [-0.4, -0.2) is 12.1 Å². The zero-order valence-electron chi connectivity index (χ0n) is 7.69. The first-order chi connectivity index (χ1) is 6.86. The molecular weight excluding hydrogens is 176 g/mol. The van der Waals surface area contributed by atoms with Gasteiger partial charge in [0.2, 0.25) is 0 Å². The molecule has 3 nitrogen and oxygen atoms in total. The largest absolute Gasteiger partial charge is 0.495 e. The molecular formula is C11H8N2O. The Kier molecular flexibility index (Phi) is 2.04. The van der Waals surface area contributed by atoms with Crippen molar-refractivity contribution >= 4 is 10.8 Å². The van der Waals surface area contributed by atoms with E-state index >= 15 is 0 Å². The Morgan fingerprint density at radius 2 is 2.21 bits per heavy atom. The van der Waals surface area contributed by atoms with E-state index < -0.39 is 0 Å². The molecule has 0 N–H and O–H groups in total. The Bertz CT molecular complexity index is 514. The summed E-state index contributed by atoms with van der Waals surface area (Å²) in [5.41, 5.74) is 0.562. The molecule has 0 radical (unpaired) electrons. The van der Waals surface area contributed by atoms with Gasteiger partial charge in [0.15, 0.2) is 0 Å². The van der Waals surface area contributed by atoms with E-state index in [1.165, 1.54) is 0 Å². The second-order valence-electron chi connectivity index (χ2n) is 2.85. The van der Waals surface area contributed by atoms with Crippen LogP contribution in [0, 0.1) is 11.3 Å². The topological polar surface area (TPSA) is 45.9 Å². The molecule has 0 aliphatic heterocycles. The van der Waals surface area contributed by atoms with Crippen LogP contribution < -0.4 is 4.74 Å². The van der Waals surface area contributed by atoms with Gasteiger partial charge < -0.3 is 4.74 Å². The molecule has 3 heteroatoms. The number of aromatic nitrogens is 1. The molecule has 0 atom stereocenters. The molecule has 1 aromatic carbocycles. The Hall–Kier alpha value is -2.08. The number of nitrogens with zero attached hydrogens (tertiary/aromatic N) is 2. The summed E-state index contributed by atoms with van der Waals surface area (Å²) < 4.78 is 5.10. The molecule has 2 aromatic rings. The highest BCUT2D eigenvalue weighted by molar-refractivity contribution is 5.89. The molecule has 0 saturated heterocycles. The minimum absolute atomic E-state index is 0.562. The van der Waals surface area contributed by atoms with E-state index in [-0.39, 0.29) is 0 Å². The van der Waals surface area contributed by atoms with Gasteiger partial charge in [0, 0.05) is 23.2 Å². The Balaban J connectivity index is 2.85. The fraction of sp³-hybridized carbons (Fsp3) is 0.0909. The maximum atomic E-state index is 9.00. The maximum absolute atomic E-state index is 9.00. The van der Waals surface area contributed by atoms with Crippen molar-refractivity contribution in [3.8, 4) is 11.8 Å². The molecule has 0 aliphatic rings. The second-order valence-corrected chi connectivity index (χ2v) is 2.85. The Morgan fingerprint density at radius 1 is 1.36 bits per heavy atom. The van der Waals surface area contributed by atoms with E-state index in [1.54, 1.807) is 25.6 Å². The number of methoxy groups -OCH3 is 1. The van der Waals surface area contributed by atoms with Crippen molar-refractivity contribution in [1.82, 2.24) is 4.98 Å². The number of benzene rings is 1. The first-order valence-electron chi connectivity index (χ1n) is 4.17. The lowest BCUT2D eigenvalue weighted by atomic mass is 10.1. The molecule has 0 bridgehead atoms. The number of pyridine rings is 1. The molecule has 0 aliphatic carbocycles. The molecule has 2 rings (SSSR count). The van der Waals surface area contributed by atoms with Gasteiger partial charge in [0.1, 0.15) is 17.4 Å². The quantitative estimate of drug-likeness (QED) is 0.681. The van der Waals surface area contributed by atoms with Crippen LogP contribution >= 0.6 is 0 Å². The zero-order valence-corrected chi connectivity index (χ0v) is 7.69. The van der Waals surface area contributed by atoms with Crippen molar-refractivity contribution in [2.45, 2.75) is 0 Å². The summed E-state index contributed by atoms with van der Waals surface area (Å²) in [4.78, 5) is 3.99. The summed E-state index contributed by atoms with van der Waals surface area (Å²) in [5.74, 6) is 0.603. The normalized spacial score (nSPS) is 9.71. The van der Waals surface area contributed by atoms with E-state index in [4.69, 9.17) is 10.00 Å². The number of ether oxygens (including phenoxy) is 1. The third-order valence-corrected chi connectivity index (χ3v) is 2.11. The monoisotopic (exact) mass is 184 g/mol. The SMILES string of the molecule is COc1ccc2cnccc2c1C#N. The predicted octanol–water partition coefficient (Wildman–Crippen LogP) is 2.12. The van der Waals surface area contributed by atoms with Gasteiger partial charge in [-0.15, -0.1) is 0 Å². The predicted molar refractivity (Wildman–Crippen MR) is 53.0 cm³/mol. The standard InChI is InChI=1S/C11H8N2O/c1-14-11-3-2-8-7-13-5-4-9(8)10(11)6-12/h2-5,7H,1H3. The lowest BCUT2D eigenvalue weighted by Crippen LogP contribution is -1.89. The Labute approximate surface area is 81.6 Å². The molecule has 0 spiro atoms. The average Bonchev–Trinajstić information content (AvgIpc) is 2.27. The molecule has 14 heavy (non-hydrogen) atoms. The highest BCUT2D eigenvalue weighted by Crippen LogP contribution is 2.26. The minimum atomic E-state index is 0.562. The van der Waals surface area contributed by atoms with Crippen LogP contribution in [0.25, 0.3) is 10.8 Å². The fourth-order valence-electron chi connectivity index (χ4n) is 1.43. The van der Waals surface area contributed by atoms with Crippen LogP contribution in [0.5, 0.6) is 5.75 Å². The van der Waals surface area contributed by atoms with Gasteiger partial charge in [-0.1, -0.05) is 0 Å². The summed E-state index contributed by atoms with van der Waals surface area (Å²) >= 11 is 0. The van der Waals surface area contributed by atoms with Crippen LogP contribution in [-0.2, 0) is 0 Å². The van der Waals surface area contributed by atoms with E-state index in [9.17, 15) is 0 Å². The van der Waals surface area contributed by atoms with Crippen LogP contribution in [0.2, 0.25) is 0 Å². The second kappa shape index (κ2) is 3.35. The van der Waals surface area contributed by atoms with Crippen molar-refractivity contribution in [3.63, 3.8) is 0 Å². The maximum Gasteiger partial charge on any atom is 0.137 e. The fourth-order valence-corrected chi connectivity index (χ4v) is 1.43. The van der Waals surface area contributed by atoms with E-state index in [0.717, 1.165) is 10.8 Å². The number of hydrogen-bond donors (Lipinski definition) is 0. The van der Waals surface area contributed by atoms with E-state index in [2.05, 4.69) is 11.1 Å². The summed E-state index contributed by atoms with van der Waals surface area (Å²) in [7, 11) is 1.56. The highest BCUT2D eigenvalue weighted by Gasteiger charge is 2.06. The van der Waals surface area contributed by atoms with Gasteiger partial charge in [0.05, 0.1) is 7.11 Å². The van der Waals surface area contributed by atoms with Gasteiger partial charge in [0.25, 0.3) is 0 Å². The minimum Gasteiger partial charge on any atom is -0.495 e. The van der Waals surface area contributed by atoms with E-state index in [0.29, 0.717) is 11.3 Å². The van der Waals surface area contributed by atoms with Crippen molar-refractivity contribution in [1.29, 1.82) is 5.26 Å². The van der Waals surface area contributed by atoms with Crippen molar-refractivity contribution in [2.75, 3.05) is 7.11 Å². The average molecular weight is 184 g/mol. The summed E-state index contributed by atoms with van der Waals surface area (Å²) in [6, 6.07) is 7.62. The number of hydrogen-bond acceptors (Lipinski definition) is 3. The van der Waals surface area contributed by atoms with Crippen LogP contribution in [0.15, 0.2) is 30.6 Å². The van der Waals surface area contributed by atoms with Crippen molar-refractivity contribution in [3.05, 3.63) is 36.2 Å². The molecule has 68 valence electrons. The van der Waals surface area contributed by atoms with Gasteiger partial charge in [-0.3, -0.25) is 4.98 Å². The van der Waals surface area contributed by atoms with Crippen molar-refractivity contribution in [2.24, 2.45) is 0 Å². The number of fused-ring (bicyclic) bond motifs is 1. The molecule has 0 saturated carbocycles. The van der Waals surface area contributed by atoms with Gasteiger partial charge >= 0.3 is 0 Å². The number of rotatable bonds is 1. The van der Waals surface area contributed by atoms with Crippen molar-refractivity contribution < 1.29 is 4.74 Å². The molecule has 1 aromatic heterocycles. The highest BCUT2D eigenvalue weighted by atomic mass is 16.5. The lowest BCUT2D eigenvalue weighted by molar-refractivity contribution is 0.414. The van der Waals surface area contributed by atoms with Crippen LogP contribution in [0.4, 0.5) is 0 Å². The smallest absolute Gasteiger partial charge is 0.137 e. The van der Waals surface area contributed by atoms with Gasteiger partial charge in [-0.25, -0.2) is 0 Å². The first-order valence-corrected chi connectivity index (χ1v) is 4.17. The molecule has 0 unspecified atom stereocenters. The number of nitriles is 1. The summed E-state index contributed by atoms with van der Waals surface area (Å²) in [6.07, 6.45) is 3.40. The summed E-state index contributed by atoms with van der Waals surface area (Å²) in [5, 5.41) is 10.8. The Morgan fingerprint density at radius 3 is 2.93 bits per heavy atom. The van der Waals surface area contributed by atoms with Gasteiger partial charge in [-0.2, -0.15) is 5.26 Å². The van der Waals surface area contributed by atoms with Crippen LogP contribution in [0.3, 0.4) is 0 Å². The molecule has 0 amide bonds. The van der Waals surface area contributed by atoms with E-state index in [1.807, 2.05) is 12.1 Å². The first kappa shape index (κ1) is 8.52. The zero-order chi connectivity index (χ0) is 9.97. The summed E-state index contributed by atoms with van der Waals surface area (Å²) in [6.45, 7) is 0. The molecule has 0 fully saturated rings. The lowest BCUT2D eigenvalue weighted by Gasteiger charge is -2.04. The third kappa shape index (κ3) is 1.17. The van der Waals surface area contributed by atoms with Crippen LogP contribution in [0.1, 0.15) is 5.56 Å².